The van der Waals surface area contributed by atoms with Crippen LogP contribution in [0.4, 0.5) is 0 Å². The Kier molecular flexibility index (Phi) is 8.59. The summed E-state index contributed by atoms with van der Waals surface area (Å²) in [5.74, 6) is 1.42. The van der Waals surface area contributed by atoms with Crippen molar-refractivity contribution < 1.29 is 19.0 Å². The fourth-order valence-electron chi connectivity index (χ4n) is 4.24. The highest BCUT2D eigenvalue weighted by Gasteiger charge is 2.25. The van der Waals surface area contributed by atoms with Gasteiger partial charge in [0, 0.05) is 17.2 Å². The van der Waals surface area contributed by atoms with Crippen molar-refractivity contribution in [1.29, 1.82) is 0 Å². The van der Waals surface area contributed by atoms with Crippen molar-refractivity contribution in [3.63, 3.8) is 0 Å². The zero-order chi connectivity index (χ0) is 24.9. The largest absolute Gasteiger partial charge is 0.496 e. The van der Waals surface area contributed by atoms with E-state index in [0.717, 1.165) is 50.6 Å². The number of methoxy groups -OCH3 is 2. The van der Waals surface area contributed by atoms with Crippen LogP contribution in [0.15, 0.2) is 36.0 Å². The second-order valence-corrected chi connectivity index (χ2v) is 9.51. The Labute approximate surface area is 199 Å². The van der Waals surface area contributed by atoms with Gasteiger partial charge in [0.2, 0.25) is 0 Å². The number of aryl methyl sites for hydroxylation is 4. The van der Waals surface area contributed by atoms with E-state index in [1.165, 1.54) is 0 Å². The van der Waals surface area contributed by atoms with Gasteiger partial charge in [0.15, 0.2) is 0 Å². The summed E-state index contributed by atoms with van der Waals surface area (Å²) in [6.45, 7) is 16.6. The van der Waals surface area contributed by atoms with E-state index in [-0.39, 0.29) is 17.4 Å². The molecule has 33 heavy (non-hydrogen) atoms. The molecule has 0 bridgehead atoms. The average Bonchev–Trinajstić information content (AvgIpc) is 2.69. The van der Waals surface area contributed by atoms with E-state index in [1.807, 2.05) is 6.92 Å². The van der Waals surface area contributed by atoms with Crippen LogP contribution in [-0.4, -0.2) is 26.8 Å². The monoisotopic (exact) mass is 453 g/mol. The molecule has 0 unspecified atom stereocenters. The van der Waals surface area contributed by atoms with Gasteiger partial charge in [-0.25, -0.2) is 4.79 Å². The van der Waals surface area contributed by atoms with Crippen LogP contribution in [0.2, 0.25) is 0 Å². The van der Waals surface area contributed by atoms with E-state index in [1.54, 1.807) is 20.3 Å². The number of esters is 1. The SMILES string of the molecule is CCOC(=O)/C=C(/NC(c1cc(C)c(OC)c(C)c1)c1cc(C)c(OC)c(C)c1)C(C)(C)C. The van der Waals surface area contributed by atoms with E-state index in [4.69, 9.17) is 14.2 Å². The molecule has 5 nitrogen and oxygen atoms in total. The van der Waals surface area contributed by atoms with E-state index in [2.05, 4.69) is 78.0 Å². The molecule has 0 aliphatic rings. The Morgan fingerprint density at radius 1 is 0.879 bits per heavy atom. The van der Waals surface area contributed by atoms with Crippen LogP contribution in [0.3, 0.4) is 0 Å². The van der Waals surface area contributed by atoms with Gasteiger partial charge in [-0.1, -0.05) is 20.8 Å². The van der Waals surface area contributed by atoms with Gasteiger partial charge < -0.3 is 19.5 Å². The molecule has 0 heterocycles. The number of allylic oxidation sites excluding steroid dienone is 1. The van der Waals surface area contributed by atoms with Gasteiger partial charge >= 0.3 is 5.97 Å². The van der Waals surface area contributed by atoms with E-state index >= 15 is 0 Å². The van der Waals surface area contributed by atoms with Gasteiger partial charge in [-0.3, -0.25) is 0 Å². The highest BCUT2D eigenvalue weighted by atomic mass is 16.5. The highest BCUT2D eigenvalue weighted by molar-refractivity contribution is 5.83. The molecular formula is C28H39NO4. The summed E-state index contributed by atoms with van der Waals surface area (Å²) in [7, 11) is 3.39. The molecule has 0 fully saturated rings. The third kappa shape index (κ3) is 6.31. The lowest BCUT2D eigenvalue weighted by molar-refractivity contribution is -0.137. The molecule has 0 radical (unpaired) electrons. The molecule has 1 N–H and O–H groups in total. The lowest BCUT2D eigenvalue weighted by Gasteiger charge is -2.31. The van der Waals surface area contributed by atoms with Crippen molar-refractivity contribution in [2.45, 2.75) is 61.4 Å². The Hall–Kier alpha value is -2.95. The molecular weight excluding hydrogens is 414 g/mol. The van der Waals surface area contributed by atoms with Crippen molar-refractivity contribution in [2.75, 3.05) is 20.8 Å². The molecule has 0 saturated heterocycles. The van der Waals surface area contributed by atoms with Gasteiger partial charge in [0.1, 0.15) is 11.5 Å². The first-order valence-corrected chi connectivity index (χ1v) is 11.4. The number of carbonyl (C=O) groups is 1. The van der Waals surface area contributed by atoms with Gasteiger partial charge in [0.25, 0.3) is 0 Å². The molecule has 2 rings (SSSR count). The van der Waals surface area contributed by atoms with Gasteiger partial charge in [-0.05, 0) is 92.3 Å². The summed E-state index contributed by atoms with van der Waals surface area (Å²) < 4.78 is 16.4. The summed E-state index contributed by atoms with van der Waals surface area (Å²) in [6, 6.07) is 8.38. The molecule has 2 aromatic rings. The van der Waals surface area contributed by atoms with Gasteiger partial charge in [-0.2, -0.15) is 0 Å². The van der Waals surface area contributed by atoms with Crippen molar-refractivity contribution in [3.8, 4) is 11.5 Å². The van der Waals surface area contributed by atoms with Gasteiger partial charge in [0.05, 0.1) is 26.9 Å². The fraction of sp³-hybridized carbons (Fsp3) is 0.464. The number of carbonyl (C=O) groups excluding carboxylic acids is 1. The topological polar surface area (TPSA) is 56.8 Å². The van der Waals surface area contributed by atoms with Gasteiger partial charge in [-0.15, -0.1) is 0 Å². The van der Waals surface area contributed by atoms with Crippen molar-refractivity contribution in [1.82, 2.24) is 5.32 Å². The quantitative estimate of drug-likeness (QED) is 0.386. The van der Waals surface area contributed by atoms with E-state index < -0.39 is 0 Å². The third-order valence-electron chi connectivity index (χ3n) is 5.70. The Balaban J connectivity index is 2.71. The molecule has 2 aromatic carbocycles. The van der Waals surface area contributed by atoms with E-state index in [0.29, 0.717) is 6.61 Å². The first kappa shape index (κ1) is 26.3. The molecule has 5 heteroatoms. The number of rotatable bonds is 8. The fourth-order valence-corrected chi connectivity index (χ4v) is 4.24. The molecule has 0 atom stereocenters. The highest BCUT2D eigenvalue weighted by Crippen LogP contribution is 2.36. The summed E-state index contributed by atoms with van der Waals surface area (Å²) in [6.07, 6.45) is 1.57. The molecule has 180 valence electrons. The number of nitrogens with one attached hydrogen (secondary N) is 1. The normalized spacial score (nSPS) is 12.0. The summed E-state index contributed by atoms with van der Waals surface area (Å²) in [5.41, 5.74) is 6.95. The molecule has 0 aromatic heterocycles. The third-order valence-corrected chi connectivity index (χ3v) is 5.70. The Morgan fingerprint density at radius 2 is 1.27 bits per heavy atom. The number of benzene rings is 2. The zero-order valence-corrected chi connectivity index (χ0v) is 21.8. The average molecular weight is 454 g/mol. The second kappa shape index (κ2) is 10.8. The maximum Gasteiger partial charge on any atom is 0.332 e. The summed E-state index contributed by atoms with van der Waals surface area (Å²) >= 11 is 0. The lowest BCUT2D eigenvalue weighted by atomic mass is 9.88. The predicted molar refractivity (Wildman–Crippen MR) is 134 cm³/mol. The van der Waals surface area contributed by atoms with E-state index in [9.17, 15) is 4.79 Å². The smallest absolute Gasteiger partial charge is 0.332 e. The van der Waals surface area contributed by atoms with Crippen LogP contribution < -0.4 is 14.8 Å². The standard InChI is InChI=1S/C28H39NO4/c1-11-33-24(30)16-23(28(6,7)8)29-25(21-12-17(2)26(31-9)18(3)13-21)22-14-19(4)27(32-10)20(5)15-22/h12-16,25,29H,11H2,1-10H3/b23-16+. The number of hydrogen-bond acceptors (Lipinski definition) is 5. The van der Waals surface area contributed by atoms with Crippen molar-refractivity contribution in [3.05, 3.63) is 69.4 Å². The number of ether oxygens (including phenoxy) is 3. The van der Waals surface area contributed by atoms with Crippen LogP contribution in [0.5, 0.6) is 11.5 Å². The van der Waals surface area contributed by atoms with Crippen molar-refractivity contribution >= 4 is 5.97 Å². The Morgan fingerprint density at radius 3 is 1.58 bits per heavy atom. The van der Waals surface area contributed by atoms with Crippen LogP contribution >= 0.6 is 0 Å². The first-order chi connectivity index (χ1) is 15.4. The predicted octanol–water partition coefficient (Wildman–Crippen LogP) is 6.11. The second-order valence-electron chi connectivity index (χ2n) is 9.51. The van der Waals surface area contributed by atoms with Crippen LogP contribution in [0, 0.1) is 33.1 Å². The van der Waals surface area contributed by atoms with Crippen LogP contribution in [0.25, 0.3) is 0 Å². The lowest BCUT2D eigenvalue weighted by Crippen LogP contribution is -2.30. The molecule has 0 aliphatic heterocycles. The van der Waals surface area contributed by atoms with Crippen molar-refractivity contribution in [2.24, 2.45) is 5.41 Å². The number of hydrogen-bond donors (Lipinski definition) is 1. The molecule has 0 aliphatic carbocycles. The Bertz CT molecular complexity index is 925. The minimum Gasteiger partial charge on any atom is -0.496 e. The maximum atomic E-state index is 12.4. The zero-order valence-electron chi connectivity index (χ0n) is 21.8. The summed E-state index contributed by atoms with van der Waals surface area (Å²) in [4.78, 5) is 12.4. The molecule has 0 saturated carbocycles. The minimum atomic E-state index is -0.349. The van der Waals surface area contributed by atoms with Crippen LogP contribution in [0.1, 0.15) is 67.1 Å². The van der Waals surface area contributed by atoms with Crippen LogP contribution in [-0.2, 0) is 9.53 Å². The molecule has 0 spiro atoms. The summed E-state index contributed by atoms with van der Waals surface area (Å²) in [5, 5.41) is 3.68. The minimum absolute atomic E-state index is 0.184. The maximum absolute atomic E-state index is 12.4. The molecule has 0 amide bonds. The first-order valence-electron chi connectivity index (χ1n) is 11.4.